The first-order valence-corrected chi connectivity index (χ1v) is 11.8. The lowest BCUT2D eigenvalue weighted by Gasteiger charge is -2.27. The minimum Gasteiger partial charge on any atom is -0.303 e. The van der Waals surface area contributed by atoms with Gasteiger partial charge in [-0.3, -0.25) is 4.90 Å². The molecule has 0 radical (unpaired) electrons. The van der Waals surface area contributed by atoms with E-state index in [0.717, 1.165) is 30.8 Å². The fourth-order valence-electron chi connectivity index (χ4n) is 3.40. The van der Waals surface area contributed by atoms with Gasteiger partial charge in [0.15, 0.2) is 20.4 Å². The molecule has 1 unspecified atom stereocenters. The standard InChI is InChI=1S/C18H25ClN4O2S2/c1-3-4-10-22(16-9-11-27(24,25)12-16)13-23-18(26)21(2)17(20-23)14-5-7-15(19)8-6-14/h5-8,16H,3-4,9-13H2,1-2H3. The lowest BCUT2D eigenvalue weighted by Crippen LogP contribution is -2.38. The summed E-state index contributed by atoms with van der Waals surface area (Å²) in [6, 6.07) is 7.53. The van der Waals surface area contributed by atoms with E-state index < -0.39 is 9.84 Å². The molecule has 9 heteroatoms. The van der Waals surface area contributed by atoms with E-state index in [1.807, 2.05) is 35.9 Å². The van der Waals surface area contributed by atoms with Crippen LogP contribution >= 0.6 is 23.8 Å². The molecule has 0 spiro atoms. The van der Waals surface area contributed by atoms with Gasteiger partial charge in [0.2, 0.25) is 0 Å². The van der Waals surface area contributed by atoms with E-state index in [0.29, 0.717) is 22.9 Å². The van der Waals surface area contributed by atoms with Crippen LogP contribution in [0.5, 0.6) is 0 Å². The second kappa shape index (κ2) is 8.43. The Bertz CT molecular complexity index is 951. The van der Waals surface area contributed by atoms with Gasteiger partial charge in [0.25, 0.3) is 0 Å². The van der Waals surface area contributed by atoms with Crippen LogP contribution in [-0.2, 0) is 23.6 Å². The van der Waals surface area contributed by atoms with Crippen LogP contribution < -0.4 is 0 Å². The second-order valence-corrected chi connectivity index (χ2v) is 10.1. The Morgan fingerprint density at radius 3 is 2.63 bits per heavy atom. The molecule has 3 rings (SSSR count). The van der Waals surface area contributed by atoms with Crippen molar-refractivity contribution in [3.63, 3.8) is 0 Å². The molecule has 2 heterocycles. The van der Waals surface area contributed by atoms with Gasteiger partial charge < -0.3 is 4.57 Å². The summed E-state index contributed by atoms with van der Waals surface area (Å²) in [6.45, 7) is 3.47. The molecule has 1 aromatic heterocycles. The average Bonchev–Trinajstić information content (AvgIpc) is 3.13. The van der Waals surface area contributed by atoms with Crippen molar-refractivity contribution in [1.29, 1.82) is 0 Å². The van der Waals surface area contributed by atoms with E-state index in [1.54, 1.807) is 4.68 Å². The summed E-state index contributed by atoms with van der Waals surface area (Å²) in [4.78, 5) is 2.21. The number of rotatable bonds is 7. The van der Waals surface area contributed by atoms with Gasteiger partial charge in [-0.05, 0) is 49.3 Å². The van der Waals surface area contributed by atoms with E-state index in [-0.39, 0.29) is 17.5 Å². The Balaban J connectivity index is 1.86. The molecule has 1 aromatic carbocycles. The molecular formula is C18H25ClN4O2S2. The van der Waals surface area contributed by atoms with Crippen LogP contribution in [0.25, 0.3) is 11.4 Å². The van der Waals surface area contributed by atoms with Crippen LogP contribution in [0.3, 0.4) is 0 Å². The molecule has 1 saturated heterocycles. The summed E-state index contributed by atoms with van der Waals surface area (Å²) >= 11 is 11.6. The molecule has 148 valence electrons. The largest absolute Gasteiger partial charge is 0.303 e. The normalized spacial score (nSPS) is 19.0. The second-order valence-electron chi connectivity index (χ2n) is 7.04. The Labute approximate surface area is 170 Å². The number of unbranched alkanes of at least 4 members (excludes halogenated alkanes) is 1. The molecule has 1 fully saturated rings. The number of hydrogen-bond acceptors (Lipinski definition) is 5. The molecule has 0 aliphatic carbocycles. The van der Waals surface area contributed by atoms with Crippen LogP contribution in [0.15, 0.2) is 24.3 Å². The maximum atomic E-state index is 11.9. The van der Waals surface area contributed by atoms with Crippen LogP contribution in [0.2, 0.25) is 5.02 Å². The molecule has 1 aliphatic rings. The van der Waals surface area contributed by atoms with Crippen molar-refractivity contribution in [3.8, 4) is 11.4 Å². The van der Waals surface area contributed by atoms with Crippen LogP contribution in [0.4, 0.5) is 0 Å². The fraction of sp³-hybridized carbons (Fsp3) is 0.556. The van der Waals surface area contributed by atoms with Crippen molar-refractivity contribution in [1.82, 2.24) is 19.2 Å². The Morgan fingerprint density at radius 2 is 2.04 bits per heavy atom. The van der Waals surface area contributed by atoms with Crippen molar-refractivity contribution in [2.24, 2.45) is 7.05 Å². The molecular weight excluding hydrogens is 404 g/mol. The number of halogens is 1. The first kappa shape index (κ1) is 20.5. The highest BCUT2D eigenvalue weighted by molar-refractivity contribution is 7.91. The fourth-order valence-corrected chi connectivity index (χ4v) is 5.47. The van der Waals surface area contributed by atoms with Gasteiger partial charge in [0.05, 0.1) is 18.2 Å². The summed E-state index contributed by atoms with van der Waals surface area (Å²) in [7, 11) is -1.04. The third-order valence-corrected chi connectivity index (χ3v) is 7.47. The van der Waals surface area contributed by atoms with Gasteiger partial charge in [-0.25, -0.2) is 13.1 Å². The van der Waals surface area contributed by atoms with E-state index >= 15 is 0 Å². The first-order chi connectivity index (χ1) is 12.8. The summed E-state index contributed by atoms with van der Waals surface area (Å²) in [5.41, 5.74) is 0.940. The van der Waals surface area contributed by atoms with Gasteiger partial charge in [0.1, 0.15) is 0 Å². The monoisotopic (exact) mass is 428 g/mol. The molecule has 6 nitrogen and oxygen atoms in total. The molecule has 1 atom stereocenters. The molecule has 1 aliphatic heterocycles. The smallest absolute Gasteiger partial charge is 0.199 e. The van der Waals surface area contributed by atoms with E-state index in [1.165, 1.54) is 0 Å². The Morgan fingerprint density at radius 1 is 1.33 bits per heavy atom. The lowest BCUT2D eigenvalue weighted by molar-refractivity contribution is 0.152. The minimum absolute atomic E-state index is 0.0319. The summed E-state index contributed by atoms with van der Waals surface area (Å²) < 4.78 is 28.1. The topological polar surface area (TPSA) is 60.1 Å². The average molecular weight is 429 g/mol. The maximum absolute atomic E-state index is 11.9. The van der Waals surface area contributed by atoms with Crippen LogP contribution in [-0.4, -0.2) is 51.8 Å². The van der Waals surface area contributed by atoms with Crippen molar-refractivity contribution in [2.75, 3.05) is 18.1 Å². The zero-order chi connectivity index (χ0) is 19.6. The number of hydrogen-bond donors (Lipinski definition) is 0. The number of nitrogens with zero attached hydrogens (tertiary/aromatic N) is 4. The van der Waals surface area contributed by atoms with E-state index in [9.17, 15) is 8.42 Å². The first-order valence-electron chi connectivity index (χ1n) is 9.15. The van der Waals surface area contributed by atoms with Gasteiger partial charge in [0, 0.05) is 30.2 Å². The van der Waals surface area contributed by atoms with Crippen molar-refractivity contribution in [2.45, 2.75) is 38.9 Å². The highest BCUT2D eigenvalue weighted by atomic mass is 35.5. The third-order valence-electron chi connectivity index (χ3n) is 4.98. The molecule has 0 saturated carbocycles. The van der Waals surface area contributed by atoms with Crippen LogP contribution in [0, 0.1) is 4.77 Å². The van der Waals surface area contributed by atoms with Gasteiger partial charge >= 0.3 is 0 Å². The van der Waals surface area contributed by atoms with E-state index in [4.69, 9.17) is 28.9 Å². The quantitative estimate of drug-likeness (QED) is 0.631. The zero-order valence-electron chi connectivity index (χ0n) is 15.6. The highest BCUT2D eigenvalue weighted by Gasteiger charge is 2.32. The zero-order valence-corrected chi connectivity index (χ0v) is 18.0. The number of benzene rings is 1. The highest BCUT2D eigenvalue weighted by Crippen LogP contribution is 2.22. The molecule has 2 aromatic rings. The summed E-state index contributed by atoms with van der Waals surface area (Å²) in [6.07, 6.45) is 2.75. The summed E-state index contributed by atoms with van der Waals surface area (Å²) in [5.74, 6) is 1.26. The predicted molar refractivity (Wildman–Crippen MR) is 111 cm³/mol. The SMILES string of the molecule is CCCCN(Cn1nc(-c2ccc(Cl)cc2)n(C)c1=S)C1CCS(=O)(=O)C1. The van der Waals surface area contributed by atoms with Crippen molar-refractivity contribution in [3.05, 3.63) is 34.1 Å². The summed E-state index contributed by atoms with van der Waals surface area (Å²) in [5, 5.41) is 5.38. The molecule has 0 amide bonds. The Kier molecular flexibility index (Phi) is 6.40. The minimum atomic E-state index is -2.93. The molecule has 0 bridgehead atoms. The maximum Gasteiger partial charge on any atom is 0.199 e. The third kappa shape index (κ3) is 4.80. The molecule has 27 heavy (non-hydrogen) atoms. The number of aromatic nitrogens is 3. The van der Waals surface area contributed by atoms with Crippen molar-refractivity contribution >= 4 is 33.7 Å². The van der Waals surface area contributed by atoms with Crippen molar-refractivity contribution < 1.29 is 8.42 Å². The number of sulfone groups is 1. The predicted octanol–water partition coefficient (Wildman–Crippen LogP) is 3.52. The molecule has 0 N–H and O–H groups in total. The Hall–Kier alpha value is -1.22. The van der Waals surface area contributed by atoms with Gasteiger partial charge in [-0.1, -0.05) is 24.9 Å². The van der Waals surface area contributed by atoms with Gasteiger partial charge in [-0.15, -0.1) is 0 Å². The lowest BCUT2D eigenvalue weighted by atomic mass is 10.2. The van der Waals surface area contributed by atoms with E-state index in [2.05, 4.69) is 11.8 Å². The van der Waals surface area contributed by atoms with Crippen LogP contribution in [0.1, 0.15) is 26.2 Å². The van der Waals surface area contributed by atoms with Gasteiger partial charge in [-0.2, -0.15) is 5.10 Å².